The van der Waals surface area contributed by atoms with Crippen LogP contribution in [0.2, 0.25) is 0 Å². The highest BCUT2D eigenvalue weighted by atomic mass is 16.5. The Hall–Kier alpha value is -1.62. The lowest BCUT2D eigenvalue weighted by Gasteiger charge is -2.11. The molecule has 0 fully saturated rings. The number of carboxylic acid groups (broad SMARTS) is 1. The molecular formula is C9H12N2O3. The van der Waals surface area contributed by atoms with E-state index in [4.69, 9.17) is 9.84 Å². The second-order valence-electron chi connectivity index (χ2n) is 2.76. The molecule has 5 nitrogen and oxygen atoms in total. The fourth-order valence-corrected chi connectivity index (χ4v) is 0.873. The van der Waals surface area contributed by atoms with Crippen molar-refractivity contribution in [2.75, 3.05) is 12.4 Å². The van der Waals surface area contributed by atoms with Gasteiger partial charge in [0.25, 0.3) is 0 Å². The van der Waals surface area contributed by atoms with E-state index in [-0.39, 0.29) is 11.8 Å². The van der Waals surface area contributed by atoms with Gasteiger partial charge in [0.05, 0.1) is 5.56 Å². The van der Waals surface area contributed by atoms with Crippen LogP contribution in [0.5, 0.6) is 0 Å². The lowest BCUT2D eigenvalue weighted by molar-refractivity contribution is 0.0696. The van der Waals surface area contributed by atoms with Crippen LogP contribution in [0.4, 0.5) is 5.82 Å². The van der Waals surface area contributed by atoms with Crippen LogP contribution in [0, 0.1) is 0 Å². The smallest absolute Gasteiger partial charge is 0.337 e. The minimum atomic E-state index is -0.983. The molecule has 0 aliphatic heterocycles. The first-order valence-corrected chi connectivity index (χ1v) is 4.12. The molecule has 0 aliphatic carbocycles. The summed E-state index contributed by atoms with van der Waals surface area (Å²) >= 11 is 0. The Bertz CT molecular complexity index is 310. The van der Waals surface area contributed by atoms with Crippen molar-refractivity contribution in [3.8, 4) is 0 Å². The molecule has 1 aromatic rings. The van der Waals surface area contributed by atoms with Crippen LogP contribution in [0.3, 0.4) is 0 Å². The topological polar surface area (TPSA) is 71.5 Å². The van der Waals surface area contributed by atoms with Gasteiger partial charge in [0, 0.05) is 13.3 Å². The van der Waals surface area contributed by atoms with Crippen LogP contribution in [-0.2, 0) is 4.74 Å². The van der Waals surface area contributed by atoms with Gasteiger partial charge in [-0.15, -0.1) is 0 Å². The first-order chi connectivity index (χ1) is 6.63. The van der Waals surface area contributed by atoms with E-state index in [1.807, 2.05) is 6.92 Å². The van der Waals surface area contributed by atoms with Gasteiger partial charge >= 0.3 is 5.97 Å². The summed E-state index contributed by atoms with van der Waals surface area (Å²) in [7, 11) is 1.57. The zero-order chi connectivity index (χ0) is 10.6. The summed E-state index contributed by atoms with van der Waals surface area (Å²) in [6, 6.07) is 3.08. The predicted octanol–water partition coefficient (Wildman–Crippen LogP) is 1.18. The Labute approximate surface area is 81.7 Å². The van der Waals surface area contributed by atoms with Gasteiger partial charge in [0.2, 0.25) is 0 Å². The lowest BCUT2D eigenvalue weighted by Crippen LogP contribution is -2.17. The molecule has 0 saturated heterocycles. The maximum Gasteiger partial charge on any atom is 0.337 e. The first-order valence-electron chi connectivity index (χ1n) is 4.12. The predicted molar refractivity (Wildman–Crippen MR) is 51.3 cm³/mol. The van der Waals surface area contributed by atoms with Crippen molar-refractivity contribution >= 4 is 11.8 Å². The highest BCUT2D eigenvalue weighted by Gasteiger charge is 2.04. The third kappa shape index (κ3) is 2.70. The normalized spacial score (nSPS) is 12.1. The van der Waals surface area contributed by atoms with Crippen molar-refractivity contribution in [1.29, 1.82) is 0 Å². The molecule has 1 heterocycles. The number of carbonyl (C=O) groups is 1. The molecule has 2 N–H and O–H groups in total. The van der Waals surface area contributed by atoms with E-state index in [2.05, 4.69) is 10.3 Å². The quantitative estimate of drug-likeness (QED) is 0.707. The highest BCUT2D eigenvalue weighted by molar-refractivity contribution is 5.87. The molecule has 0 saturated carbocycles. The van der Waals surface area contributed by atoms with E-state index in [0.29, 0.717) is 5.82 Å². The maximum atomic E-state index is 10.5. The molecule has 76 valence electrons. The van der Waals surface area contributed by atoms with Crippen LogP contribution >= 0.6 is 0 Å². The maximum absolute atomic E-state index is 10.5. The molecule has 0 spiro atoms. The Morgan fingerprint density at radius 3 is 2.79 bits per heavy atom. The third-order valence-electron chi connectivity index (χ3n) is 1.72. The van der Waals surface area contributed by atoms with E-state index in [0.717, 1.165) is 0 Å². The van der Waals surface area contributed by atoms with Gasteiger partial charge in [0.1, 0.15) is 12.0 Å². The minimum absolute atomic E-state index is 0.154. The van der Waals surface area contributed by atoms with Gasteiger partial charge in [-0.25, -0.2) is 9.78 Å². The average molecular weight is 196 g/mol. The molecular weight excluding hydrogens is 184 g/mol. The number of aromatic nitrogens is 1. The molecule has 1 unspecified atom stereocenters. The Morgan fingerprint density at radius 1 is 1.64 bits per heavy atom. The van der Waals surface area contributed by atoms with Crippen molar-refractivity contribution in [2.24, 2.45) is 0 Å². The van der Waals surface area contributed by atoms with Crippen LogP contribution in [-0.4, -0.2) is 29.4 Å². The molecule has 1 aromatic heterocycles. The fourth-order valence-electron chi connectivity index (χ4n) is 0.873. The number of anilines is 1. The van der Waals surface area contributed by atoms with Crippen LogP contribution in [0.15, 0.2) is 18.3 Å². The lowest BCUT2D eigenvalue weighted by atomic mass is 10.3. The molecule has 0 radical (unpaired) electrons. The van der Waals surface area contributed by atoms with Crippen molar-refractivity contribution in [1.82, 2.24) is 4.98 Å². The van der Waals surface area contributed by atoms with Crippen LogP contribution < -0.4 is 5.32 Å². The summed E-state index contributed by atoms with van der Waals surface area (Å²) in [5.74, 6) is -0.395. The van der Waals surface area contributed by atoms with Gasteiger partial charge in [-0.3, -0.25) is 0 Å². The van der Waals surface area contributed by atoms with E-state index in [1.165, 1.54) is 12.3 Å². The number of nitrogens with zero attached hydrogens (tertiary/aromatic N) is 1. The number of ether oxygens (including phenoxy) is 1. The molecule has 0 bridgehead atoms. The molecule has 1 atom stereocenters. The van der Waals surface area contributed by atoms with E-state index < -0.39 is 5.97 Å². The van der Waals surface area contributed by atoms with Crippen LogP contribution in [0.1, 0.15) is 17.3 Å². The van der Waals surface area contributed by atoms with Gasteiger partial charge < -0.3 is 15.2 Å². The van der Waals surface area contributed by atoms with Gasteiger partial charge in [0.15, 0.2) is 0 Å². The summed E-state index contributed by atoms with van der Waals surface area (Å²) < 4.78 is 4.96. The monoisotopic (exact) mass is 196 g/mol. The Kier molecular flexibility index (Phi) is 3.41. The number of rotatable bonds is 4. The average Bonchev–Trinajstić information content (AvgIpc) is 2.18. The highest BCUT2D eigenvalue weighted by Crippen LogP contribution is 2.06. The Balaban J connectivity index is 2.68. The minimum Gasteiger partial charge on any atom is -0.478 e. The summed E-state index contributed by atoms with van der Waals surface area (Å²) in [5.41, 5.74) is 0.167. The number of pyridine rings is 1. The number of hydrogen-bond donors (Lipinski definition) is 2. The van der Waals surface area contributed by atoms with Crippen molar-refractivity contribution in [3.63, 3.8) is 0 Å². The number of methoxy groups -OCH3 is 1. The van der Waals surface area contributed by atoms with Gasteiger partial charge in [-0.2, -0.15) is 0 Å². The zero-order valence-electron chi connectivity index (χ0n) is 8.02. The Morgan fingerprint density at radius 2 is 2.36 bits per heavy atom. The summed E-state index contributed by atoms with van der Waals surface area (Å²) in [6.45, 7) is 1.83. The van der Waals surface area contributed by atoms with Gasteiger partial charge in [-0.1, -0.05) is 0 Å². The molecule has 5 heteroatoms. The standard InChI is InChI=1S/C9H12N2O3/c1-6(14-2)11-8-4-3-7(5-10-8)9(12)13/h3-6H,1-2H3,(H,10,11)(H,12,13). The number of carboxylic acids is 1. The second-order valence-corrected chi connectivity index (χ2v) is 2.76. The van der Waals surface area contributed by atoms with Crippen molar-refractivity contribution < 1.29 is 14.6 Å². The SMILES string of the molecule is COC(C)Nc1ccc(C(=O)O)cn1. The molecule has 0 aromatic carbocycles. The molecule has 0 aliphatic rings. The fraction of sp³-hybridized carbons (Fsp3) is 0.333. The van der Waals surface area contributed by atoms with Crippen LogP contribution in [0.25, 0.3) is 0 Å². The summed E-state index contributed by atoms with van der Waals surface area (Å²) in [6.07, 6.45) is 1.14. The largest absolute Gasteiger partial charge is 0.478 e. The van der Waals surface area contributed by atoms with Gasteiger partial charge in [-0.05, 0) is 19.1 Å². The number of aromatic carboxylic acids is 1. The number of nitrogens with one attached hydrogen (secondary N) is 1. The van der Waals surface area contributed by atoms with Crippen molar-refractivity contribution in [3.05, 3.63) is 23.9 Å². The summed E-state index contributed by atoms with van der Waals surface area (Å²) in [4.78, 5) is 14.4. The molecule has 0 amide bonds. The molecule has 1 rings (SSSR count). The number of hydrogen-bond acceptors (Lipinski definition) is 4. The molecule has 14 heavy (non-hydrogen) atoms. The zero-order valence-corrected chi connectivity index (χ0v) is 8.02. The van der Waals surface area contributed by atoms with E-state index >= 15 is 0 Å². The second kappa shape index (κ2) is 4.57. The van der Waals surface area contributed by atoms with Crippen molar-refractivity contribution in [2.45, 2.75) is 13.2 Å². The summed E-state index contributed by atoms with van der Waals surface area (Å²) in [5, 5.41) is 11.6. The first kappa shape index (κ1) is 10.5. The van der Waals surface area contributed by atoms with E-state index in [9.17, 15) is 4.79 Å². The van der Waals surface area contributed by atoms with E-state index in [1.54, 1.807) is 13.2 Å². The third-order valence-corrected chi connectivity index (χ3v) is 1.72.